The molecule has 0 bridgehead atoms. The summed E-state index contributed by atoms with van der Waals surface area (Å²) in [6.45, 7) is 8.18. The zero-order chi connectivity index (χ0) is 31.1. The Kier molecular flexibility index (Phi) is 10.2. The van der Waals surface area contributed by atoms with Crippen LogP contribution in [-0.2, 0) is 40.2 Å². The third-order valence-corrected chi connectivity index (χ3v) is 8.64. The van der Waals surface area contributed by atoms with Gasteiger partial charge in [0.15, 0.2) is 0 Å². The maximum absolute atomic E-state index is 14.2. The van der Waals surface area contributed by atoms with Gasteiger partial charge in [-0.15, -0.1) is 0 Å². The van der Waals surface area contributed by atoms with Crippen molar-refractivity contribution in [3.05, 3.63) is 107 Å². The molecule has 3 amide bonds. The number of carbonyl (C=O) groups excluding carboxylic acids is 3. The van der Waals surface area contributed by atoms with Gasteiger partial charge in [0.2, 0.25) is 11.8 Å². The second-order valence-electron chi connectivity index (χ2n) is 11.5. The van der Waals surface area contributed by atoms with Crippen molar-refractivity contribution in [3.8, 4) is 0 Å². The third kappa shape index (κ3) is 7.26. The van der Waals surface area contributed by atoms with E-state index >= 15 is 0 Å². The summed E-state index contributed by atoms with van der Waals surface area (Å²) in [7, 11) is 0. The molecule has 2 heterocycles. The minimum atomic E-state index is -0.913. The molecule has 0 saturated carbocycles. The number of amides is 3. The lowest BCUT2D eigenvalue weighted by molar-refractivity contribution is -0.147. The van der Waals surface area contributed by atoms with Crippen LogP contribution in [0.3, 0.4) is 0 Å². The Labute approximate surface area is 259 Å². The molecule has 5 rings (SSSR count). The molecular formula is C36H43N5O3. The summed E-state index contributed by atoms with van der Waals surface area (Å²) in [5.41, 5.74) is 6.39. The molecule has 1 aliphatic rings. The van der Waals surface area contributed by atoms with Gasteiger partial charge in [-0.3, -0.25) is 24.2 Å². The van der Waals surface area contributed by atoms with E-state index in [2.05, 4.69) is 58.6 Å². The van der Waals surface area contributed by atoms with Crippen molar-refractivity contribution in [2.24, 2.45) is 0 Å². The fraction of sp³-hybridized carbons (Fsp3) is 0.361. The fourth-order valence-electron chi connectivity index (χ4n) is 6.25. The van der Waals surface area contributed by atoms with Crippen molar-refractivity contribution in [1.82, 2.24) is 25.4 Å². The van der Waals surface area contributed by atoms with Gasteiger partial charge < -0.3 is 15.6 Å². The van der Waals surface area contributed by atoms with Crippen LogP contribution in [0.4, 0.5) is 0 Å². The van der Waals surface area contributed by atoms with E-state index in [1.54, 1.807) is 0 Å². The zero-order valence-corrected chi connectivity index (χ0v) is 25.9. The summed E-state index contributed by atoms with van der Waals surface area (Å²) in [4.78, 5) is 47.5. The van der Waals surface area contributed by atoms with E-state index in [0.29, 0.717) is 6.54 Å². The van der Waals surface area contributed by atoms with Crippen LogP contribution in [0.5, 0.6) is 0 Å². The minimum absolute atomic E-state index is 0.0473. The van der Waals surface area contributed by atoms with Crippen LogP contribution in [0.25, 0.3) is 10.9 Å². The first-order valence-electron chi connectivity index (χ1n) is 15.6. The molecule has 8 heteroatoms. The average Bonchev–Trinajstić information content (AvgIpc) is 3.46. The lowest BCUT2D eigenvalue weighted by Crippen LogP contribution is -2.54. The molecule has 2 atom stereocenters. The van der Waals surface area contributed by atoms with E-state index < -0.39 is 11.9 Å². The molecule has 4 aromatic rings. The highest BCUT2D eigenvalue weighted by Gasteiger charge is 2.32. The second-order valence-corrected chi connectivity index (χ2v) is 11.5. The molecule has 1 saturated heterocycles. The summed E-state index contributed by atoms with van der Waals surface area (Å²) < 4.78 is 0. The van der Waals surface area contributed by atoms with Gasteiger partial charge in [-0.1, -0.05) is 80.6 Å². The van der Waals surface area contributed by atoms with Crippen LogP contribution in [0.2, 0.25) is 0 Å². The second kappa shape index (κ2) is 14.5. The fourth-order valence-corrected chi connectivity index (χ4v) is 6.25. The van der Waals surface area contributed by atoms with E-state index in [1.165, 1.54) is 23.0 Å². The maximum Gasteiger partial charge on any atom is 0.252 e. The number of aromatic nitrogens is 1. The van der Waals surface area contributed by atoms with Gasteiger partial charge in [-0.2, -0.15) is 0 Å². The first-order chi connectivity index (χ1) is 21.4. The number of nitrogens with zero attached hydrogens (tertiary/aromatic N) is 2. The lowest BCUT2D eigenvalue weighted by atomic mass is 9.99. The number of carbonyl (C=O) groups is 3. The van der Waals surface area contributed by atoms with Gasteiger partial charge >= 0.3 is 0 Å². The highest BCUT2D eigenvalue weighted by Crippen LogP contribution is 2.23. The number of nitrogens with one attached hydrogen (secondary N) is 3. The largest absolute Gasteiger partial charge is 0.361 e. The first-order valence-corrected chi connectivity index (χ1v) is 15.6. The summed E-state index contributed by atoms with van der Waals surface area (Å²) in [6, 6.07) is 23.3. The van der Waals surface area contributed by atoms with Crippen molar-refractivity contribution < 1.29 is 14.4 Å². The molecule has 0 spiro atoms. The SMILES string of the molecule is CCc1ccc(CN(C(C)=O)C(=O)C(Cc2c[nH]c3ccccc23)NC(=O)CN2CCNCC2c2ccccc2)cc1CC. The number of imide groups is 1. The Morgan fingerprint density at radius 2 is 1.70 bits per heavy atom. The van der Waals surface area contributed by atoms with E-state index in [0.717, 1.165) is 53.5 Å². The number of aryl methyl sites for hydroxylation is 2. The molecule has 1 aromatic heterocycles. The smallest absolute Gasteiger partial charge is 0.252 e. The van der Waals surface area contributed by atoms with Gasteiger partial charge in [0, 0.05) is 56.1 Å². The normalized spacial score (nSPS) is 16.0. The predicted molar refractivity (Wildman–Crippen MR) is 174 cm³/mol. The maximum atomic E-state index is 14.2. The van der Waals surface area contributed by atoms with Gasteiger partial charge in [-0.05, 0) is 46.7 Å². The number of hydrogen-bond acceptors (Lipinski definition) is 5. The predicted octanol–water partition coefficient (Wildman–Crippen LogP) is 4.54. The van der Waals surface area contributed by atoms with E-state index in [9.17, 15) is 14.4 Å². The molecule has 230 valence electrons. The number of H-pyrrole nitrogens is 1. The molecule has 0 aliphatic carbocycles. The molecule has 3 aromatic carbocycles. The van der Waals surface area contributed by atoms with Gasteiger partial charge in [-0.25, -0.2) is 0 Å². The molecule has 0 radical (unpaired) electrons. The number of para-hydroxylation sites is 1. The van der Waals surface area contributed by atoms with Crippen LogP contribution in [0.1, 0.15) is 54.6 Å². The van der Waals surface area contributed by atoms with Crippen LogP contribution >= 0.6 is 0 Å². The Balaban J connectivity index is 1.40. The first kappa shape index (κ1) is 31.2. The van der Waals surface area contributed by atoms with E-state index in [4.69, 9.17) is 0 Å². The Morgan fingerprint density at radius 3 is 2.45 bits per heavy atom. The molecule has 1 fully saturated rings. The number of aromatic amines is 1. The molecule has 3 N–H and O–H groups in total. The number of fused-ring (bicyclic) bond motifs is 1. The molecule has 2 unspecified atom stereocenters. The zero-order valence-electron chi connectivity index (χ0n) is 25.9. The lowest BCUT2D eigenvalue weighted by Gasteiger charge is -2.36. The van der Waals surface area contributed by atoms with Crippen molar-refractivity contribution in [2.75, 3.05) is 26.2 Å². The van der Waals surface area contributed by atoms with Crippen molar-refractivity contribution in [1.29, 1.82) is 0 Å². The summed E-state index contributed by atoms with van der Waals surface area (Å²) in [5.74, 6) is -0.999. The van der Waals surface area contributed by atoms with Crippen molar-refractivity contribution in [3.63, 3.8) is 0 Å². The number of rotatable bonds is 11. The summed E-state index contributed by atoms with van der Waals surface area (Å²) in [5, 5.41) is 7.46. The van der Waals surface area contributed by atoms with Crippen LogP contribution in [0, 0.1) is 0 Å². The standard InChI is InChI=1S/C36H43N5O3/c1-4-27-16-15-26(19-28(27)5-2)23-41(25(3)42)36(44)33(20-30-21-38-32-14-10-9-13-31(30)32)39-35(43)24-40-18-17-37-22-34(40)29-11-7-6-8-12-29/h6-16,19,21,33-34,37-38H,4-5,17-18,20,22-24H2,1-3H3,(H,39,43). The van der Waals surface area contributed by atoms with Gasteiger partial charge in [0.1, 0.15) is 6.04 Å². The van der Waals surface area contributed by atoms with Gasteiger partial charge in [0.05, 0.1) is 13.1 Å². The quantitative estimate of drug-likeness (QED) is 0.237. The van der Waals surface area contributed by atoms with Crippen molar-refractivity contribution >= 4 is 28.6 Å². The Bertz CT molecular complexity index is 1600. The number of benzene rings is 3. The van der Waals surface area contributed by atoms with Crippen LogP contribution < -0.4 is 10.6 Å². The Hall–Kier alpha value is -4.27. The highest BCUT2D eigenvalue weighted by atomic mass is 16.2. The number of piperazine rings is 1. The summed E-state index contributed by atoms with van der Waals surface area (Å²) in [6.07, 6.45) is 3.95. The third-order valence-electron chi connectivity index (χ3n) is 8.64. The average molecular weight is 594 g/mol. The van der Waals surface area contributed by atoms with Crippen LogP contribution in [0.15, 0.2) is 79.0 Å². The highest BCUT2D eigenvalue weighted by molar-refractivity contribution is 5.99. The molecule has 8 nitrogen and oxygen atoms in total. The van der Waals surface area contributed by atoms with E-state index in [1.807, 2.05) is 54.7 Å². The topological polar surface area (TPSA) is 97.5 Å². The molecule has 1 aliphatic heterocycles. The number of hydrogen-bond donors (Lipinski definition) is 3. The van der Waals surface area contributed by atoms with Crippen molar-refractivity contribution in [2.45, 2.75) is 58.7 Å². The van der Waals surface area contributed by atoms with E-state index in [-0.39, 0.29) is 37.4 Å². The van der Waals surface area contributed by atoms with Crippen LogP contribution in [-0.4, -0.2) is 64.7 Å². The monoisotopic (exact) mass is 593 g/mol. The summed E-state index contributed by atoms with van der Waals surface area (Å²) >= 11 is 0. The molecular weight excluding hydrogens is 550 g/mol. The Morgan fingerprint density at radius 1 is 0.955 bits per heavy atom. The minimum Gasteiger partial charge on any atom is -0.361 e. The molecule has 44 heavy (non-hydrogen) atoms. The van der Waals surface area contributed by atoms with Gasteiger partial charge in [0.25, 0.3) is 5.91 Å².